The fraction of sp³-hybridized carbons (Fsp3) is 0.286. The Morgan fingerprint density at radius 2 is 1.96 bits per heavy atom. The highest BCUT2D eigenvalue weighted by Gasteiger charge is 2.39. The summed E-state index contributed by atoms with van der Waals surface area (Å²) in [6.07, 6.45) is 4.08. The van der Waals surface area contributed by atoms with Crippen molar-refractivity contribution >= 4 is 30.4 Å². The molecule has 0 radical (unpaired) electrons. The molecule has 0 amide bonds. The average molecular weight is 331 g/mol. The molecule has 24 heavy (non-hydrogen) atoms. The summed E-state index contributed by atoms with van der Waals surface area (Å²) in [5.41, 5.74) is -1.10. The quantitative estimate of drug-likeness (QED) is 0.576. The number of nitrogens with zero attached hydrogens (tertiary/aromatic N) is 5. The Hall–Kier alpha value is -3.14. The SMILES string of the molecule is COc1cc(COC23C=NC=NC2=NC=N3)c([N+](=O)[O-])cc1OC. The molecule has 1 aromatic carbocycles. The van der Waals surface area contributed by atoms with Crippen LogP contribution in [0.15, 0.2) is 32.1 Å². The van der Waals surface area contributed by atoms with Gasteiger partial charge in [-0.25, -0.2) is 20.0 Å². The molecule has 0 N–H and O–H groups in total. The molecule has 124 valence electrons. The van der Waals surface area contributed by atoms with Gasteiger partial charge in [0.1, 0.15) is 12.7 Å². The van der Waals surface area contributed by atoms with Crippen LogP contribution in [0.25, 0.3) is 0 Å². The second kappa shape index (κ2) is 6.16. The van der Waals surface area contributed by atoms with Crippen LogP contribution in [0, 0.1) is 10.1 Å². The molecule has 2 aliphatic heterocycles. The van der Waals surface area contributed by atoms with Crippen LogP contribution in [-0.2, 0) is 11.3 Å². The van der Waals surface area contributed by atoms with Crippen LogP contribution < -0.4 is 9.47 Å². The highest BCUT2D eigenvalue weighted by Crippen LogP contribution is 2.35. The molecule has 1 atom stereocenters. The van der Waals surface area contributed by atoms with Gasteiger partial charge >= 0.3 is 0 Å². The second-order valence-corrected chi connectivity index (χ2v) is 4.80. The highest BCUT2D eigenvalue weighted by atomic mass is 16.6. The molecule has 10 nitrogen and oxygen atoms in total. The molecule has 1 unspecified atom stereocenters. The first-order chi connectivity index (χ1) is 11.6. The first-order valence-corrected chi connectivity index (χ1v) is 6.82. The minimum Gasteiger partial charge on any atom is -0.493 e. The van der Waals surface area contributed by atoms with Crippen molar-refractivity contribution in [1.29, 1.82) is 0 Å². The zero-order valence-corrected chi connectivity index (χ0v) is 12.9. The van der Waals surface area contributed by atoms with E-state index >= 15 is 0 Å². The number of nitro groups is 1. The summed E-state index contributed by atoms with van der Waals surface area (Å²) in [7, 11) is 2.85. The average Bonchev–Trinajstić information content (AvgIpc) is 3.03. The van der Waals surface area contributed by atoms with E-state index in [4.69, 9.17) is 14.2 Å². The zero-order valence-electron chi connectivity index (χ0n) is 12.9. The summed E-state index contributed by atoms with van der Waals surface area (Å²) in [4.78, 5) is 26.8. The van der Waals surface area contributed by atoms with Gasteiger partial charge in [-0.05, 0) is 6.07 Å². The number of aliphatic imine (C=N–C) groups is 4. The predicted molar refractivity (Wildman–Crippen MR) is 86.6 cm³/mol. The number of nitro benzene ring substituents is 1. The minimum absolute atomic E-state index is 0.117. The third-order valence-electron chi connectivity index (χ3n) is 3.48. The topological polar surface area (TPSA) is 120 Å². The Morgan fingerprint density at radius 3 is 2.67 bits per heavy atom. The van der Waals surface area contributed by atoms with Crippen molar-refractivity contribution in [3.63, 3.8) is 0 Å². The van der Waals surface area contributed by atoms with E-state index in [-0.39, 0.29) is 18.0 Å². The number of hydrogen-bond acceptors (Lipinski definition) is 9. The van der Waals surface area contributed by atoms with Crippen molar-refractivity contribution in [3.05, 3.63) is 27.8 Å². The highest BCUT2D eigenvalue weighted by molar-refractivity contribution is 6.16. The van der Waals surface area contributed by atoms with E-state index in [1.807, 2.05) is 0 Å². The smallest absolute Gasteiger partial charge is 0.278 e. The Balaban J connectivity index is 1.91. The van der Waals surface area contributed by atoms with Crippen LogP contribution in [0.2, 0.25) is 0 Å². The number of amidine groups is 1. The molecule has 10 heteroatoms. The van der Waals surface area contributed by atoms with Crippen LogP contribution in [0.4, 0.5) is 5.69 Å². The standard InChI is InChI=1S/C14H13N5O5/c1-22-11-3-9(10(19(20)21)4-12(11)23-2)5-24-14-6-15-7-16-13(14)17-8-18-14/h3-4,6-8H,5H2,1-2H3. The van der Waals surface area contributed by atoms with Gasteiger partial charge in [-0.3, -0.25) is 10.1 Å². The van der Waals surface area contributed by atoms with Gasteiger partial charge in [0.25, 0.3) is 11.4 Å². The Morgan fingerprint density at radius 1 is 1.21 bits per heavy atom. The van der Waals surface area contributed by atoms with Gasteiger partial charge in [0.15, 0.2) is 17.3 Å². The lowest BCUT2D eigenvalue weighted by Gasteiger charge is -2.23. The van der Waals surface area contributed by atoms with E-state index in [1.165, 1.54) is 45.2 Å². The zero-order chi connectivity index (χ0) is 17.2. The third-order valence-corrected chi connectivity index (χ3v) is 3.48. The second-order valence-electron chi connectivity index (χ2n) is 4.80. The van der Waals surface area contributed by atoms with Crippen molar-refractivity contribution < 1.29 is 19.1 Å². The molecule has 0 spiro atoms. The van der Waals surface area contributed by atoms with Crippen LogP contribution >= 0.6 is 0 Å². The maximum atomic E-state index is 11.3. The monoisotopic (exact) mass is 331 g/mol. The van der Waals surface area contributed by atoms with Gasteiger partial charge in [-0.2, -0.15) is 0 Å². The van der Waals surface area contributed by atoms with E-state index in [2.05, 4.69) is 20.0 Å². The summed E-state index contributed by atoms with van der Waals surface area (Å²) in [6, 6.07) is 2.78. The van der Waals surface area contributed by atoms with Gasteiger partial charge in [-0.15, -0.1) is 0 Å². The molecule has 2 aliphatic rings. The first kappa shape index (κ1) is 15.7. The maximum Gasteiger partial charge on any atom is 0.278 e. The van der Waals surface area contributed by atoms with E-state index < -0.39 is 10.6 Å². The van der Waals surface area contributed by atoms with Gasteiger partial charge < -0.3 is 14.2 Å². The Kier molecular flexibility index (Phi) is 4.04. The van der Waals surface area contributed by atoms with Crippen molar-refractivity contribution in [2.45, 2.75) is 12.3 Å². The number of hydrogen-bond donors (Lipinski definition) is 0. The van der Waals surface area contributed by atoms with Gasteiger partial charge in [0, 0.05) is 0 Å². The van der Waals surface area contributed by atoms with E-state index in [1.54, 1.807) is 0 Å². The van der Waals surface area contributed by atoms with Crippen LogP contribution in [0.5, 0.6) is 11.5 Å². The number of rotatable bonds is 6. The third kappa shape index (κ3) is 2.63. The lowest BCUT2D eigenvalue weighted by atomic mass is 10.1. The number of ether oxygens (including phenoxy) is 3. The molecule has 2 heterocycles. The fourth-order valence-corrected chi connectivity index (χ4v) is 2.28. The molecule has 0 fully saturated rings. The summed E-state index contributed by atoms with van der Waals surface area (Å²) in [6.45, 7) is -0.117. The molecule has 0 saturated heterocycles. The Labute approximate surface area is 136 Å². The molecular formula is C14H13N5O5. The Bertz CT molecular complexity index is 801. The van der Waals surface area contributed by atoms with E-state index in [0.29, 0.717) is 17.1 Å². The molecule has 0 bridgehead atoms. The minimum atomic E-state index is -1.25. The molecular weight excluding hydrogens is 318 g/mol. The summed E-state index contributed by atoms with van der Waals surface area (Å²) in [5.74, 6) is 0.940. The van der Waals surface area contributed by atoms with Crippen LogP contribution in [0.1, 0.15) is 5.56 Å². The summed E-state index contributed by atoms with van der Waals surface area (Å²) < 4.78 is 16.0. The molecule has 0 aliphatic carbocycles. The number of benzene rings is 1. The maximum absolute atomic E-state index is 11.3. The largest absolute Gasteiger partial charge is 0.493 e. The molecule has 0 saturated carbocycles. The molecule has 3 rings (SSSR count). The van der Waals surface area contributed by atoms with E-state index in [0.717, 1.165) is 0 Å². The molecule has 0 aromatic heterocycles. The number of methoxy groups -OCH3 is 2. The van der Waals surface area contributed by atoms with Gasteiger partial charge in [-0.1, -0.05) is 0 Å². The molecule has 1 aromatic rings. The lowest BCUT2D eigenvalue weighted by Crippen LogP contribution is -2.40. The van der Waals surface area contributed by atoms with Crippen LogP contribution in [0.3, 0.4) is 0 Å². The lowest BCUT2D eigenvalue weighted by molar-refractivity contribution is -0.386. The fourth-order valence-electron chi connectivity index (χ4n) is 2.28. The van der Waals surface area contributed by atoms with Gasteiger partial charge in [0.05, 0.1) is 43.6 Å². The van der Waals surface area contributed by atoms with E-state index in [9.17, 15) is 10.1 Å². The first-order valence-electron chi connectivity index (χ1n) is 6.82. The summed E-state index contributed by atoms with van der Waals surface area (Å²) >= 11 is 0. The van der Waals surface area contributed by atoms with Crippen molar-refractivity contribution in [3.8, 4) is 11.5 Å². The van der Waals surface area contributed by atoms with Crippen molar-refractivity contribution in [1.82, 2.24) is 0 Å². The van der Waals surface area contributed by atoms with Crippen molar-refractivity contribution in [2.75, 3.05) is 14.2 Å². The normalized spacial score (nSPS) is 20.7. The van der Waals surface area contributed by atoms with Gasteiger partial charge in [0.2, 0.25) is 0 Å². The summed E-state index contributed by atoms with van der Waals surface area (Å²) in [5, 5.41) is 11.3. The number of fused-ring (bicyclic) bond motifs is 1. The predicted octanol–water partition coefficient (Wildman–Crippen LogP) is 1.38. The van der Waals surface area contributed by atoms with Crippen molar-refractivity contribution in [2.24, 2.45) is 20.0 Å². The van der Waals surface area contributed by atoms with Crippen LogP contribution in [-0.4, -0.2) is 49.6 Å².